The van der Waals surface area contributed by atoms with Crippen LogP contribution in [0.15, 0.2) is 48.5 Å². The van der Waals surface area contributed by atoms with E-state index in [0.717, 1.165) is 49.6 Å². The second-order valence-corrected chi connectivity index (χ2v) is 8.25. The number of para-hydroxylation sites is 1. The van der Waals surface area contributed by atoms with Crippen molar-refractivity contribution in [3.8, 4) is 5.75 Å². The Bertz CT molecular complexity index is 804. The summed E-state index contributed by atoms with van der Waals surface area (Å²) in [4.78, 5) is 17.8. The van der Waals surface area contributed by atoms with Gasteiger partial charge in [0.1, 0.15) is 5.75 Å². The molecule has 1 fully saturated rings. The summed E-state index contributed by atoms with van der Waals surface area (Å²) in [6, 6.07) is 15.5. The van der Waals surface area contributed by atoms with Gasteiger partial charge in [-0.3, -0.25) is 9.69 Å². The molecule has 6 heteroatoms. The maximum absolute atomic E-state index is 13.0. The summed E-state index contributed by atoms with van der Waals surface area (Å²) in [7, 11) is 2.14. The van der Waals surface area contributed by atoms with Gasteiger partial charge in [-0.1, -0.05) is 49.2 Å². The number of amides is 1. The van der Waals surface area contributed by atoms with Crippen LogP contribution in [0.4, 0.5) is 0 Å². The van der Waals surface area contributed by atoms with Crippen molar-refractivity contribution in [2.75, 3.05) is 46.4 Å². The molecule has 1 atom stereocenters. The van der Waals surface area contributed by atoms with Gasteiger partial charge < -0.3 is 15.0 Å². The predicted octanol–water partition coefficient (Wildman–Crippen LogP) is 4.24. The Morgan fingerprint density at radius 2 is 1.80 bits per heavy atom. The summed E-state index contributed by atoms with van der Waals surface area (Å²) in [5.41, 5.74) is 1.75. The van der Waals surface area contributed by atoms with E-state index in [2.05, 4.69) is 41.2 Å². The van der Waals surface area contributed by atoms with Gasteiger partial charge in [0, 0.05) is 37.7 Å². The summed E-state index contributed by atoms with van der Waals surface area (Å²) in [5, 5.41) is 3.86. The standard InChI is InChI=1S/C24H32ClN3O2/c1-3-4-17-30-23-8-6-5-7-21(23)24(29)26-18-22(19-9-11-20(25)12-10-19)28-15-13-27(2)14-16-28/h5-12,22H,3-4,13-18H2,1-2H3,(H,26,29). The van der Waals surface area contributed by atoms with E-state index in [1.165, 1.54) is 0 Å². The molecular weight excluding hydrogens is 398 g/mol. The lowest BCUT2D eigenvalue weighted by atomic mass is 10.0. The second-order valence-electron chi connectivity index (χ2n) is 7.81. The number of likely N-dealkylation sites (N-methyl/N-ethyl adjacent to an activating group) is 1. The molecule has 162 valence electrons. The number of carbonyl (C=O) groups excluding carboxylic acids is 1. The van der Waals surface area contributed by atoms with Crippen molar-refractivity contribution in [3.05, 3.63) is 64.7 Å². The smallest absolute Gasteiger partial charge is 0.255 e. The van der Waals surface area contributed by atoms with Gasteiger partial charge >= 0.3 is 0 Å². The molecule has 3 rings (SSSR count). The van der Waals surface area contributed by atoms with Crippen LogP contribution in [-0.4, -0.2) is 62.1 Å². The van der Waals surface area contributed by atoms with E-state index < -0.39 is 0 Å². The van der Waals surface area contributed by atoms with Gasteiger partial charge in [0.15, 0.2) is 0 Å². The molecule has 1 aliphatic rings. The Balaban J connectivity index is 1.71. The second kappa shape index (κ2) is 11.3. The SMILES string of the molecule is CCCCOc1ccccc1C(=O)NCC(c1ccc(Cl)cc1)N1CCN(C)CC1. The zero-order chi connectivity index (χ0) is 21.3. The minimum absolute atomic E-state index is 0.102. The molecule has 1 amide bonds. The molecule has 0 aliphatic carbocycles. The number of carbonyl (C=O) groups is 1. The van der Waals surface area contributed by atoms with E-state index in [1.807, 2.05) is 36.4 Å². The van der Waals surface area contributed by atoms with Crippen LogP contribution >= 0.6 is 11.6 Å². The molecule has 0 radical (unpaired) electrons. The average molecular weight is 430 g/mol. The third-order valence-corrected chi connectivity index (χ3v) is 5.83. The highest BCUT2D eigenvalue weighted by molar-refractivity contribution is 6.30. The summed E-state index contributed by atoms with van der Waals surface area (Å²) >= 11 is 6.09. The summed E-state index contributed by atoms with van der Waals surface area (Å²) in [6.07, 6.45) is 2.03. The van der Waals surface area contributed by atoms with Crippen LogP contribution < -0.4 is 10.1 Å². The van der Waals surface area contributed by atoms with Crippen LogP contribution in [0.2, 0.25) is 5.02 Å². The Morgan fingerprint density at radius 1 is 1.10 bits per heavy atom. The lowest BCUT2D eigenvalue weighted by Gasteiger charge is -2.38. The molecule has 1 unspecified atom stereocenters. The molecule has 0 bridgehead atoms. The summed E-state index contributed by atoms with van der Waals surface area (Å²) in [6.45, 7) is 7.26. The fourth-order valence-corrected chi connectivity index (χ4v) is 3.79. The van der Waals surface area contributed by atoms with Crippen LogP contribution in [0.25, 0.3) is 0 Å². The minimum atomic E-state index is -0.102. The maximum Gasteiger partial charge on any atom is 0.255 e. The van der Waals surface area contributed by atoms with E-state index >= 15 is 0 Å². The van der Waals surface area contributed by atoms with Gasteiger partial charge in [-0.2, -0.15) is 0 Å². The molecule has 0 aromatic heterocycles. The van der Waals surface area contributed by atoms with Crippen molar-refractivity contribution >= 4 is 17.5 Å². The Hall–Kier alpha value is -2.08. The van der Waals surface area contributed by atoms with E-state index in [9.17, 15) is 4.79 Å². The van der Waals surface area contributed by atoms with Crippen molar-refractivity contribution in [2.24, 2.45) is 0 Å². The summed E-state index contributed by atoms with van der Waals surface area (Å²) < 4.78 is 5.84. The van der Waals surface area contributed by atoms with Crippen molar-refractivity contribution in [1.82, 2.24) is 15.1 Å². The molecule has 2 aromatic rings. The summed E-state index contributed by atoms with van der Waals surface area (Å²) in [5.74, 6) is 0.543. The van der Waals surface area contributed by atoms with E-state index in [1.54, 1.807) is 0 Å². The highest BCUT2D eigenvalue weighted by Crippen LogP contribution is 2.24. The van der Waals surface area contributed by atoms with Gasteiger partial charge in [0.25, 0.3) is 5.91 Å². The molecule has 2 aromatic carbocycles. The quantitative estimate of drug-likeness (QED) is 0.605. The molecule has 0 spiro atoms. The first kappa shape index (κ1) is 22.6. The molecule has 1 aliphatic heterocycles. The van der Waals surface area contributed by atoms with Crippen LogP contribution in [0, 0.1) is 0 Å². The molecule has 1 heterocycles. The van der Waals surface area contributed by atoms with Crippen LogP contribution in [0.5, 0.6) is 5.75 Å². The monoisotopic (exact) mass is 429 g/mol. The largest absolute Gasteiger partial charge is 0.493 e. The number of unbranched alkanes of at least 4 members (excludes halogenated alkanes) is 1. The first-order chi connectivity index (χ1) is 14.6. The predicted molar refractivity (Wildman–Crippen MR) is 122 cm³/mol. The minimum Gasteiger partial charge on any atom is -0.493 e. The third kappa shape index (κ3) is 6.21. The number of nitrogens with one attached hydrogen (secondary N) is 1. The van der Waals surface area contributed by atoms with Gasteiger partial charge in [-0.25, -0.2) is 0 Å². The molecule has 0 saturated carbocycles. The molecular formula is C24H32ClN3O2. The topological polar surface area (TPSA) is 44.8 Å². The maximum atomic E-state index is 13.0. The van der Waals surface area contributed by atoms with Crippen molar-refractivity contribution in [1.29, 1.82) is 0 Å². The van der Waals surface area contributed by atoms with Gasteiger partial charge in [-0.05, 0) is 43.3 Å². The highest BCUT2D eigenvalue weighted by Gasteiger charge is 2.25. The van der Waals surface area contributed by atoms with Crippen LogP contribution in [0.1, 0.15) is 41.7 Å². The van der Waals surface area contributed by atoms with Crippen LogP contribution in [-0.2, 0) is 0 Å². The number of hydrogen-bond acceptors (Lipinski definition) is 4. The fourth-order valence-electron chi connectivity index (χ4n) is 3.67. The molecule has 1 saturated heterocycles. The lowest BCUT2D eigenvalue weighted by Crippen LogP contribution is -2.48. The van der Waals surface area contributed by atoms with Crippen molar-refractivity contribution < 1.29 is 9.53 Å². The van der Waals surface area contributed by atoms with Gasteiger partial charge in [-0.15, -0.1) is 0 Å². The number of ether oxygens (including phenoxy) is 1. The zero-order valence-electron chi connectivity index (χ0n) is 17.9. The third-order valence-electron chi connectivity index (χ3n) is 5.58. The van der Waals surface area contributed by atoms with Crippen LogP contribution in [0.3, 0.4) is 0 Å². The Kier molecular flexibility index (Phi) is 8.55. The molecule has 30 heavy (non-hydrogen) atoms. The lowest BCUT2D eigenvalue weighted by molar-refractivity contribution is 0.0883. The fraction of sp³-hybridized carbons (Fsp3) is 0.458. The van der Waals surface area contributed by atoms with E-state index in [-0.39, 0.29) is 11.9 Å². The number of hydrogen-bond donors (Lipinski definition) is 1. The van der Waals surface area contributed by atoms with E-state index in [0.29, 0.717) is 24.5 Å². The Labute approximate surface area is 185 Å². The highest BCUT2D eigenvalue weighted by atomic mass is 35.5. The van der Waals surface area contributed by atoms with E-state index in [4.69, 9.17) is 16.3 Å². The molecule has 5 nitrogen and oxygen atoms in total. The average Bonchev–Trinajstić information content (AvgIpc) is 2.76. The zero-order valence-corrected chi connectivity index (χ0v) is 18.7. The van der Waals surface area contributed by atoms with Crippen molar-refractivity contribution in [2.45, 2.75) is 25.8 Å². The van der Waals surface area contributed by atoms with Gasteiger partial charge in [0.2, 0.25) is 0 Å². The number of rotatable bonds is 9. The first-order valence-electron chi connectivity index (χ1n) is 10.8. The molecule has 1 N–H and O–H groups in total. The van der Waals surface area contributed by atoms with Gasteiger partial charge in [0.05, 0.1) is 18.2 Å². The first-order valence-corrected chi connectivity index (χ1v) is 11.1. The normalized spacial score (nSPS) is 16.2. The van der Waals surface area contributed by atoms with Crippen molar-refractivity contribution in [3.63, 3.8) is 0 Å². The number of benzene rings is 2. The number of halogens is 1. The number of nitrogens with zero attached hydrogens (tertiary/aromatic N) is 2. The number of piperazine rings is 1. The Morgan fingerprint density at radius 3 is 2.50 bits per heavy atom.